The molecule has 2 rings (SSSR count). The summed E-state index contributed by atoms with van der Waals surface area (Å²) in [6.07, 6.45) is 3.22. The summed E-state index contributed by atoms with van der Waals surface area (Å²) in [7, 11) is 0. The number of fused-ring (bicyclic) bond motifs is 1. The number of rotatable bonds is 8. The number of imidazole rings is 1. The molecule has 0 saturated heterocycles. The first-order valence-electron chi connectivity index (χ1n) is 8.34. The summed E-state index contributed by atoms with van der Waals surface area (Å²) in [5.74, 6) is 1.92. The highest BCUT2D eigenvalue weighted by molar-refractivity contribution is 5.77. The maximum Gasteiger partial charge on any atom is 0.111 e. The number of hydrogen-bond donors (Lipinski definition) is 1. The zero-order chi connectivity index (χ0) is 15.2. The average molecular weight is 287 g/mol. The maximum absolute atomic E-state index is 4.88. The largest absolute Gasteiger partial charge is 0.328 e. The van der Waals surface area contributed by atoms with Crippen LogP contribution >= 0.6 is 0 Å². The fraction of sp³-hybridized carbons (Fsp3) is 0.611. The van der Waals surface area contributed by atoms with E-state index in [9.17, 15) is 0 Å². The second-order valence-electron chi connectivity index (χ2n) is 6.20. The van der Waals surface area contributed by atoms with Crippen LogP contribution in [0.25, 0.3) is 11.0 Å². The van der Waals surface area contributed by atoms with E-state index in [-0.39, 0.29) is 0 Å². The molecule has 116 valence electrons. The van der Waals surface area contributed by atoms with Gasteiger partial charge < -0.3 is 9.88 Å². The summed E-state index contributed by atoms with van der Waals surface area (Å²) in [6.45, 7) is 12.0. The Morgan fingerprint density at radius 1 is 1.24 bits per heavy atom. The average Bonchev–Trinajstić information content (AvgIpc) is 2.81. The van der Waals surface area contributed by atoms with E-state index < -0.39 is 0 Å². The Morgan fingerprint density at radius 3 is 2.71 bits per heavy atom. The van der Waals surface area contributed by atoms with Crippen LogP contribution in [0.1, 0.15) is 45.5 Å². The fourth-order valence-electron chi connectivity index (χ4n) is 2.70. The van der Waals surface area contributed by atoms with Crippen LogP contribution < -0.4 is 5.32 Å². The lowest BCUT2D eigenvalue weighted by molar-refractivity contribution is 0.543. The molecule has 0 aliphatic rings. The van der Waals surface area contributed by atoms with Gasteiger partial charge >= 0.3 is 0 Å². The van der Waals surface area contributed by atoms with Crippen molar-refractivity contribution in [1.82, 2.24) is 14.9 Å². The Kier molecular flexibility index (Phi) is 5.80. The highest BCUT2D eigenvalue weighted by Crippen LogP contribution is 2.19. The molecule has 0 aliphatic heterocycles. The minimum Gasteiger partial charge on any atom is -0.328 e. The van der Waals surface area contributed by atoms with Gasteiger partial charge in [-0.3, -0.25) is 0 Å². The molecule has 0 radical (unpaired) electrons. The fourth-order valence-corrected chi connectivity index (χ4v) is 2.70. The third kappa shape index (κ3) is 4.07. The quantitative estimate of drug-likeness (QED) is 0.748. The van der Waals surface area contributed by atoms with Crippen LogP contribution in [0.2, 0.25) is 0 Å². The van der Waals surface area contributed by atoms with Crippen molar-refractivity contribution in [1.29, 1.82) is 0 Å². The van der Waals surface area contributed by atoms with E-state index >= 15 is 0 Å². The SMILES string of the molecule is CCCn1c(CCNCC(C)C)nc2cc(CC)ccc21. The predicted molar refractivity (Wildman–Crippen MR) is 90.8 cm³/mol. The summed E-state index contributed by atoms with van der Waals surface area (Å²) in [4.78, 5) is 4.88. The van der Waals surface area contributed by atoms with Crippen LogP contribution in [0, 0.1) is 5.92 Å². The lowest BCUT2D eigenvalue weighted by Gasteiger charge is -2.09. The Labute approximate surface area is 128 Å². The van der Waals surface area contributed by atoms with Crippen molar-refractivity contribution in [3.8, 4) is 0 Å². The van der Waals surface area contributed by atoms with Crippen molar-refractivity contribution < 1.29 is 0 Å². The van der Waals surface area contributed by atoms with Crippen molar-refractivity contribution in [3.05, 3.63) is 29.6 Å². The molecule has 0 aliphatic carbocycles. The van der Waals surface area contributed by atoms with Gasteiger partial charge in [-0.05, 0) is 43.0 Å². The van der Waals surface area contributed by atoms with Crippen LogP contribution in [-0.4, -0.2) is 22.6 Å². The molecule has 0 amide bonds. The first-order valence-corrected chi connectivity index (χ1v) is 8.34. The Balaban J connectivity index is 2.18. The predicted octanol–water partition coefficient (Wildman–Crippen LogP) is 3.80. The molecule has 2 aromatic rings. The molecule has 1 aromatic carbocycles. The van der Waals surface area contributed by atoms with Gasteiger partial charge in [0.05, 0.1) is 11.0 Å². The van der Waals surface area contributed by atoms with Crippen molar-refractivity contribution in [2.45, 2.75) is 53.5 Å². The van der Waals surface area contributed by atoms with Gasteiger partial charge in [-0.1, -0.05) is 33.8 Å². The molecule has 3 heteroatoms. The Bertz CT molecular complexity index is 569. The molecule has 0 atom stereocenters. The van der Waals surface area contributed by atoms with E-state index in [1.165, 1.54) is 16.9 Å². The number of nitrogens with one attached hydrogen (secondary N) is 1. The van der Waals surface area contributed by atoms with Crippen LogP contribution in [0.15, 0.2) is 18.2 Å². The second kappa shape index (κ2) is 7.60. The first-order chi connectivity index (χ1) is 10.2. The summed E-state index contributed by atoms with van der Waals surface area (Å²) in [5.41, 5.74) is 3.81. The lowest BCUT2D eigenvalue weighted by Crippen LogP contribution is -2.23. The summed E-state index contributed by atoms with van der Waals surface area (Å²) in [6, 6.07) is 6.71. The van der Waals surface area contributed by atoms with Crippen molar-refractivity contribution >= 4 is 11.0 Å². The van der Waals surface area contributed by atoms with E-state index in [2.05, 4.69) is 55.8 Å². The summed E-state index contributed by atoms with van der Waals surface area (Å²) < 4.78 is 2.39. The van der Waals surface area contributed by atoms with Gasteiger partial charge in [-0.2, -0.15) is 0 Å². The van der Waals surface area contributed by atoms with Gasteiger partial charge in [0.25, 0.3) is 0 Å². The van der Waals surface area contributed by atoms with Gasteiger partial charge in [0, 0.05) is 19.5 Å². The summed E-state index contributed by atoms with van der Waals surface area (Å²) in [5, 5.41) is 3.52. The molecule has 0 spiro atoms. The molecule has 1 heterocycles. The Hall–Kier alpha value is -1.35. The van der Waals surface area contributed by atoms with E-state index in [0.717, 1.165) is 44.4 Å². The number of nitrogens with zero attached hydrogens (tertiary/aromatic N) is 2. The van der Waals surface area contributed by atoms with Crippen LogP contribution in [-0.2, 0) is 19.4 Å². The number of aromatic nitrogens is 2. The molecule has 21 heavy (non-hydrogen) atoms. The van der Waals surface area contributed by atoms with Crippen LogP contribution in [0.5, 0.6) is 0 Å². The lowest BCUT2D eigenvalue weighted by atomic mass is 10.1. The topological polar surface area (TPSA) is 29.9 Å². The van der Waals surface area contributed by atoms with Gasteiger partial charge in [0.2, 0.25) is 0 Å². The Morgan fingerprint density at radius 2 is 2.05 bits per heavy atom. The van der Waals surface area contributed by atoms with E-state index in [1.807, 2.05) is 0 Å². The standard InChI is InChI=1S/C18H29N3/c1-5-11-21-17-8-7-15(6-2)12-16(17)20-18(21)9-10-19-13-14(3)4/h7-8,12,14,19H,5-6,9-11,13H2,1-4H3. The minimum atomic E-state index is 0.701. The molecule has 0 fully saturated rings. The monoisotopic (exact) mass is 287 g/mol. The van der Waals surface area contributed by atoms with Crippen LogP contribution in [0.3, 0.4) is 0 Å². The molecule has 3 nitrogen and oxygen atoms in total. The normalized spacial score (nSPS) is 11.7. The molecule has 0 unspecified atom stereocenters. The smallest absolute Gasteiger partial charge is 0.111 e. The molecule has 0 bridgehead atoms. The molecular formula is C18H29N3. The molecule has 1 N–H and O–H groups in total. The van der Waals surface area contributed by atoms with Gasteiger partial charge in [-0.25, -0.2) is 4.98 Å². The number of aryl methyl sites for hydroxylation is 2. The van der Waals surface area contributed by atoms with Gasteiger partial charge in [0.1, 0.15) is 5.82 Å². The third-order valence-electron chi connectivity index (χ3n) is 3.83. The van der Waals surface area contributed by atoms with Crippen molar-refractivity contribution in [3.63, 3.8) is 0 Å². The number of hydrogen-bond acceptors (Lipinski definition) is 2. The molecule has 0 saturated carbocycles. The first kappa shape index (κ1) is 16.0. The van der Waals surface area contributed by atoms with Crippen LogP contribution in [0.4, 0.5) is 0 Å². The van der Waals surface area contributed by atoms with E-state index in [1.54, 1.807) is 0 Å². The number of benzene rings is 1. The maximum atomic E-state index is 4.88. The third-order valence-corrected chi connectivity index (χ3v) is 3.83. The second-order valence-corrected chi connectivity index (χ2v) is 6.20. The van der Waals surface area contributed by atoms with Crippen molar-refractivity contribution in [2.24, 2.45) is 5.92 Å². The minimum absolute atomic E-state index is 0.701. The van der Waals surface area contributed by atoms with Gasteiger partial charge in [0.15, 0.2) is 0 Å². The summed E-state index contributed by atoms with van der Waals surface area (Å²) >= 11 is 0. The van der Waals surface area contributed by atoms with Crippen molar-refractivity contribution in [2.75, 3.05) is 13.1 Å². The van der Waals surface area contributed by atoms with E-state index in [4.69, 9.17) is 4.98 Å². The van der Waals surface area contributed by atoms with Gasteiger partial charge in [-0.15, -0.1) is 0 Å². The molecular weight excluding hydrogens is 258 g/mol. The van der Waals surface area contributed by atoms with E-state index in [0.29, 0.717) is 5.92 Å². The zero-order valence-electron chi connectivity index (χ0n) is 13.9. The highest BCUT2D eigenvalue weighted by Gasteiger charge is 2.10. The zero-order valence-corrected chi connectivity index (χ0v) is 13.9. The molecule has 1 aromatic heterocycles. The highest BCUT2D eigenvalue weighted by atomic mass is 15.1.